The molecule has 3 fully saturated rings. The van der Waals surface area contributed by atoms with Gasteiger partial charge in [0.15, 0.2) is 0 Å². The summed E-state index contributed by atoms with van der Waals surface area (Å²) < 4.78 is 5.47. The molecule has 0 aliphatic carbocycles. The number of ether oxygens (including phenoxy) is 1. The average Bonchev–Trinajstić information content (AvgIpc) is 2.68. The van der Waals surface area contributed by atoms with E-state index in [-0.39, 0.29) is 29.4 Å². The molecule has 1 aromatic carbocycles. The summed E-state index contributed by atoms with van der Waals surface area (Å²) in [7, 11) is 0. The molecule has 3 saturated heterocycles. The predicted octanol–water partition coefficient (Wildman–Crippen LogP) is 2.74. The molecule has 8 heteroatoms. The molecule has 0 radical (unpaired) electrons. The van der Waals surface area contributed by atoms with Crippen molar-refractivity contribution in [1.82, 2.24) is 10.2 Å². The number of imide groups is 1. The minimum atomic E-state index is -0.456. The van der Waals surface area contributed by atoms with Gasteiger partial charge in [0, 0.05) is 49.4 Å². The molecule has 0 aromatic heterocycles. The van der Waals surface area contributed by atoms with Gasteiger partial charge in [-0.3, -0.25) is 14.9 Å². The van der Waals surface area contributed by atoms with E-state index >= 15 is 0 Å². The Morgan fingerprint density at radius 1 is 1.13 bits per heavy atom. The summed E-state index contributed by atoms with van der Waals surface area (Å²) in [5.41, 5.74) is 1.80. The standard InChI is InChI=1S/C23H32N4O4/c1-22(2,3)31-21(30)27-14-23(15-27)10-12-26(13-11-23)17-6-4-16(5-7-17)24-18-8-9-19(28)25-20(18)29/h4-7,18,24H,8-15H2,1-3H3,(H,25,28,29). The minimum Gasteiger partial charge on any atom is -0.444 e. The number of amides is 3. The third-order valence-electron chi connectivity index (χ3n) is 6.34. The van der Waals surface area contributed by atoms with Crippen molar-refractivity contribution < 1.29 is 19.1 Å². The Labute approximate surface area is 183 Å². The Kier molecular flexibility index (Phi) is 5.58. The summed E-state index contributed by atoms with van der Waals surface area (Å²) >= 11 is 0. The van der Waals surface area contributed by atoms with Crippen molar-refractivity contribution in [3.63, 3.8) is 0 Å². The lowest BCUT2D eigenvalue weighted by molar-refractivity contribution is -0.133. The van der Waals surface area contributed by atoms with E-state index in [1.807, 2.05) is 37.8 Å². The summed E-state index contributed by atoms with van der Waals surface area (Å²) in [6.45, 7) is 9.17. The lowest BCUT2D eigenvalue weighted by Crippen LogP contribution is -2.62. The molecule has 1 unspecified atom stereocenters. The van der Waals surface area contributed by atoms with E-state index in [0.29, 0.717) is 12.8 Å². The van der Waals surface area contributed by atoms with Crippen molar-refractivity contribution in [3.05, 3.63) is 24.3 Å². The Balaban J connectivity index is 1.26. The Morgan fingerprint density at radius 3 is 2.35 bits per heavy atom. The van der Waals surface area contributed by atoms with Crippen LogP contribution in [-0.2, 0) is 14.3 Å². The van der Waals surface area contributed by atoms with E-state index in [1.165, 1.54) is 0 Å². The molecule has 3 amide bonds. The van der Waals surface area contributed by atoms with Crippen LogP contribution in [-0.4, -0.2) is 60.6 Å². The van der Waals surface area contributed by atoms with Crippen molar-refractivity contribution in [1.29, 1.82) is 0 Å². The van der Waals surface area contributed by atoms with Gasteiger partial charge < -0.3 is 19.9 Å². The molecule has 3 aliphatic heterocycles. The summed E-state index contributed by atoms with van der Waals surface area (Å²) in [4.78, 5) is 39.6. The molecule has 4 rings (SSSR count). The molecule has 3 heterocycles. The van der Waals surface area contributed by atoms with Crippen LogP contribution in [0.3, 0.4) is 0 Å². The van der Waals surface area contributed by atoms with E-state index in [9.17, 15) is 14.4 Å². The number of hydrogen-bond donors (Lipinski definition) is 2. The van der Waals surface area contributed by atoms with Crippen LogP contribution in [0.4, 0.5) is 16.2 Å². The molecule has 0 bridgehead atoms. The van der Waals surface area contributed by atoms with Gasteiger partial charge >= 0.3 is 6.09 Å². The van der Waals surface area contributed by atoms with Gasteiger partial charge in [-0.2, -0.15) is 0 Å². The maximum atomic E-state index is 12.2. The second-order valence-corrected chi connectivity index (χ2v) is 10.0. The van der Waals surface area contributed by atoms with Crippen LogP contribution in [0.2, 0.25) is 0 Å². The monoisotopic (exact) mass is 428 g/mol. The van der Waals surface area contributed by atoms with E-state index < -0.39 is 5.60 Å². The van der Waals surface area contributed by atoms with Gasteiger partial charge in [-0.05, 0) is 64.3 Å². The molecule has 31 heavy (non-hydrogen) atoms. The van der Waals surface area contributed by atoms with Crippen molar-refractivity contribution in [2.45, 2.75) is 58.1 Å². The van der Waals surface area contributed by atoms with Crippen molar-refractivity contribution >= 4 is 29.3 Å². The largest absolute Gasteiger partial charge is 0.444 e. The molecule has 8 nitrogen and oxygen atoms in total. The SMILES string of the molecule is CC(C)(C)OC(=O)N1CC2(CCN(c3ccc(NC4CCC(=O)NC4=O)cc3)CC2)C1. The maximum Gasteiger partial charge on any atom is 0.410 e. The molecule has 1 atom stereocenters. The molecular formula is C23H32N4O4. The number of rotatable bonds is 3. The zero-order valence-electron chi connectivity index (χ0n) is 18.6. The number of carbonyl (C=O) groups is 3. The number of nitrogens with one attached hydrogen (secondary N) is 2. The fourth-order valence-electron chi connectivity index (χ4n) is 4.58. The zero-order valence-corrected chi connectivity index (χ0v) is 18.6. The Morgan fingerprint density at radius 2 is 1.77 bits per heavy atom. The van der Waals surface area contributed by atoms with Gasteiger partial charge in [-0.15, -0.1) is 0 Å². The first kappa shape index (κ1) is 21.5. The minimum absolute atomic E-state index is 0.207. The van der Waals surface area contributed by atoms with E-state index in [1.54, 1.807) is 0 Å². The van der Waals surface area contributed by atoms with Crippen LogP contribution in [0, 0.1) is 5.41 Å². The molecule has 2 N–H and O–H groups in total. The number of likely N-dealkylation sites (tertiary alicyclic amines) is 1. The van der Waals surface area contributed by atoms with Gasteiger partial charge in [0.1, 0.15) is 11.6 Å². The van der Waals surface area contributed by atoms with E-state index in [4.69, 9.17) is 4.74 Å². The van der Waals surface area contributed by atoms with Crippen LogP contribution >= 0.6 is 0 Å². The average molecular weight is 429 g/mol. The summed E-state index contributed by atoms with van der Waals surface area (Å²) in [6, 6.07) is 7.73. The van der Waals surface area contributed by atoms with Crippen LogP contribution < -0.4 is 15.5 Å². The Bertz CT molecular complexity index is 845. The molecule has 1 aromatic rings. The fraction of sp³-hybridized carbons (Fsp3) is 0.609. The lowest BCUT2D eigenvalue weighted by atomic mass is 9.72. The van der Waals surface area contributed by atoms with Gasteiger partial charge in [0.2, 0.25) is 11.8 Å². The van der Waals surface area contributed by atoms with Crippen molar-refractivity contribution in [2.75, 3.05) is 36.4 Å². The molecule has 0 saturated carbocycles. The van der Waals surface area contributed by atoms with Crippen LogP contribution in [0.1, 0.15) is 46.5 Å². The topological polar surface area (TPSA) is 91.0 Å². The van der Waals surface area contributed by atoms with Gasteiger partial charge in [0.05, 0.1) is 0 Å². The molecule has 1 spiro atoms. The first-order chi connectivity index (χ1) is 14.6. The van der Waals surface area contributed by atoms with E-state index in [2.05, 4.69) is 27.7 Å². The second kappa shape index (κ2) is 8.05. The van der Waals surface area contributed by atoms with Crippen LogP contribution in [0.5, 0.6) is 0 Å². The number of hydrogen-bond acceptors (Lipinski definition) is 6. The second-order valence-electron chi connectivity index (χ2n) is 10.0. The number of piperidine rings is 2. The fourth-order valence-corrected chi connectivity index (χ4v) is 4.58. The number of benzene rings is 1. The number of nitrogens with zero attached hydrogens (tertiary/aromatic N) is 2. The highest BCUT2D eigenvalue weighted by Gasteiger charge is 2.47. The first-order valence-corrected chi connectivity index (χ1v) is 11.1. The first-order valence-electron chi connectivity index (χ1n) is 11.1. The lowest BCUT2D eigenvalue weighted by Gasteiger charge is -2.54. The third kappa shape index (κ3) is 4.94. The number of anilines is 2. The van der Waals surface area contributed by atoms with E-state index in [0.717, 1.165) is 50.4 Å². The highest BCUT2D eigenvalue weighted by atomic mass is 16.6. The normalized spacial score (nSPS) is 23.3. The summed E-state index contributed by atoms with van der Waals surface area (Å²) in [5.74, 6) is -0.468. The quantitative estimate of drug-likeness (QED) is 0.720. The number of carbonyl (C=O) groups excluding carboxylic acids is 3. The molecule has 3 aliphatic rings. The van der Waals surface area contributed by atoms with Gasteiger partial charge in [-0.1, -0.05) is 0 Å². The zero-order chi connectivity index (χ0) is 22.2. The summed E-state index contributed by atoms with van der Waals surface area (Å²) in [5, 5.41) is 5.58. The third-order valence-corrected chi connectivity index (χ3v) is 6.34. The Hall–Kier alpha value is -2.77. The van der Waals surface area contributed by atoms with Gasteiger partial charge in [-0.25, -0.2) is 4.79 Å². The summed E-state index contributed by atoms with van der Waals surface area (Å²) in [6.07, 6.45) is 2.79. The van der Waals surface area contributed by atoms with Crippen molar-refractivity contribution in [2.24, 2.45) is 5.41 Å². The highest BCUT2D eigenvalue weighted by molar-refractivity contribution is 6.01. The highest BCUT2D eigenvalue weighted by Crippen LogP contribution is 2.42. The van der Waals surface area contributed by atoms with Crippen LogP contribution in [0.15, 0.2) is 24.3 Å². The van der Waals surface area contributed by atoms with Crippen molar-refractivity contribution in [3.8, 4) is 0 Å². The molecular weight excluding hydrogens is 396 g/mol. The van der Waals surface area contributed by atoms with Crippen LogP contribution in [0.25, 0.3) is 0 Å². The maximum absolute atomic E-state index is 12.2. The predicted molar refractivity (Wildman–Crippen MR) is 118 cm³/mol. The van der Waals surface area contributed by atoms with Gasteiger partial charge in [0.25, 0.3) is 0 Å². The molecule has 168 valence electrons. The smallest absolute Gasteiger partial charge is 0.410 e.